The van der Waals surface area contributed by atoms with Crippen molar-refractivity contribution in [3.63, 3.8) is 0 Å². The summed E-state index contributed by atoms with van der Waals surface area (Å²) in [6.45, 7) is 0. The number of hydrogen-bond acceptors (Lipinski definition) is 3. The molecular weight excluding hydrogens is 230 g/mol. The van der Waals surface area contributed by atoms with Crippen LogP contribution in [0.3, 0.4) is 0 Å². The molecule has 3 nitrogen and oxygen atoms in total. The number of aromatic amines is 1. The predicted molar refractivity (Wildman–Crippen MR) is 70.1 cm³/mol. The molecule has 84 valence electrons. The lowest BCUT2D eigenvalue weighted by atomic mass is 10.2. The first-order valence-corrected chi connectivity index (χ1v) is 6.12. The van der Waals surface area contributed by atoms with E-state index < -0.39 is 0 Å². The standard InChI is InChI=1S/C13H11N3S/c14-8-10-3-5-11(6-4-10)9-17-13(15)12-2-1-7-16-12/h1-7,15-16H,9H2. The van der Waals surface area contributed by atoms with E-state index in [2.05, 4.69) is 11.1 Å². The van der Waals surface area contributed by atoms with Gasteiger partial charge >= 0.3 is 0 Å². The summed E-state index contributed by atoms with van der Waals surface area (Å²) in [4.78, 5) is 3.00. The molecule has 0 amide bonds. The third-order valence-corrected chi connectivity index (χ3v) is 3.30. The van der Waals surface area contributed by atoms with Crippen molar-refractivity contribution in [2.75, 3.05) is 0 Å². The van der Waals surface area contributed by atoms with Gasteiger partial charge in [0.15, 0.2) is 0 Å². The van der Waals surface area contributed by atoms with E-state index in [1.807, 2.05) is 30.5 Å². The summed E-state index contributed by atoms with van der Waals surface area (Å²) in [5, 5.41) is 17.1. The highest BCUT2D eigenvalue weighted by molar-refractivity contribution is 8.13. The highest BCUT2D eigenvalue weighted by Gasteiger charge is 2.03. The smallest absolute Gasteiger partial charge is 0.111 e. The minimum Gasteiger partial charge on any atom is -0.360 e. The van der Waals surface area contributed by atoms with E-state index in [-0.39, 0.29) is 0 Å². The van der Waals surface area contributed by atoms with Crippen LogP contribution in [0, 0.1) is 16.7 Å². The molecule has 0 unspecified atom stereocenters. The summed E-state index contributed by atoms with van der Waals surface area (Å²) < 4.78 is 0. The summed E-state index contributed by atoms with van der Waals surface area (Å²) in [7, 11) is 0. The summed E-state index contributed by atoms with van der Waals surface area (Å²) in [5.74, 6) is 0.740. The molecule has 2 aromatic rings. The molecule has 4 heteroatoms. The van der Waals surface area contributed by atoms with Crippen LogP contribution in [0.4, 0.5) is 0 Å². The summed E-state index contributed by atoms with van der Waals surface area (Å²) in [5.41, 5.74) is 2.62. The second-order valence-corrected chi connectivity index (χ2v) is 4.50. The van der Waals surface area contributed by atoms with Crippen LogP contribution in [0.2, 0.25) is 0 Å². The molecule has 0 aliphatic heterocycles. The molecule has 17 heavy (non-hydrogen) atoms. The number of rotatable bonds is 3. The fourth-order valence-electron chi connectivity index (χ4n) is 1.38. The minimum atomic E-state index is 0.527. The molecule has 0 radical (unpaired) electrons. The third-order valence-electron chi connectivity index (χ3n) is 2.31. The molecular formula is C13H11N3S. The Labute approximate surface area is 104 Å². The van der Waals surface area contributed by atoms with Gasteiger partial charge in [0, 0.05) is 11.9 Å². The first-order chi connectivity index (χ1) is 8.29. The van der Waals surface area contributed by atoms with E-state index in [0.717, 1.165) is 17.0 Å². The number of nitrogens with one attached hydrogen (secondary N) is 2. The van der Waals surface area contributed by atoms with Gasteiger partial charge in [-0.3, -0.25) is 5.41 Å². The van der Waals surface area contributed by atoms with Crippen molar-refractivity contribution in [1.82, 2.24) is 4.98 Å². The number of nitrogens with zero attached hydrogens (tertiary/aromatic N) is 1. The van der Waals surface area contributed by atoms with Crippen LogP contribution in [0.15, 0.2) is 42.6 Å². The zero-order valence-electron chi connectivity index (χ0n) is 9.10. The Morgan fingerprint density at radius 2 is 2.06 bits per heavy atom. The van der Waals surface area contributed by atoms with E-state index in [1.165, 1.54) is 11.8 Å². The van der Waals surface area contributed by atoms with Crippen LogP contribution in [-0.4, -0.2) is 10.0 Å². The van der Waals surface area contributed by atoms with Crippen LogP contribution in [0.5, 0.6) is 0 Å². The van der Waals surface area contributed by atoms with Crippen molar-refractivity contribution in [2.45, 2.75) is 5.75 Å². The maximum atomic E-state index is 8.68. The molecule has 0 aliphatic rings. The van der Waals surface area contributed by atoms with E-state index in [0.29, 0.717) is 10.6 Å². The number of H-pyrrole nitrogens is 1. The van der Waals surface area contributed by atoms with Crippen molar-refractivity contribution in [1.29, 1.82) is 10.7 Å². The van der Waals surface area contributed by atoms with E-state index >= 15 is 0 Å². The molecule has 0 fully saturated rings. The first-order valence-electron chi connectivity index (χ1n) is 5.14. The molecule has 2 N–H and O–H groups in total. The van der Waals surface area contributed by atoms with Gasteiger partial charge in [0.2, 0.25) is 0 Å². The van der Waals surface area contributed by atoms with Gasteiger partial charge in [-0.1, -0.05) is 12.1 Å². The lowest BCUT2D eigenvalue weighted by Crippen LogP contribution is -1.94. The topological polar surface area (TPSA) is 63.4 Å². The van der Waals surface area contributed by atoms with Crippen molar-refractivity contribution < 1.29 is 0 Å². The van der Waals surface area contributed by atoms with E-state index in [9.17, 15) is 0 Å². The second-order valence-electron chi connectivity index (χ2n) is 3.51. The van der Waals surface area contributed by atoms with Gasteiger partial charge in [-0.2, -0.15) is 5.26 Å². The van der Waals surface area contributed by atoms with Gasteiger partial charge in [0.25, 0.3) is 0 Å². The van der Waals surface area contributed by atoms with Gasteiger partial charge < -0.3 is 4.98 Å². The molecule has 0 spiro atoms. The fourth-order valence-corrected chi connectivity index (χ4v) is 2.17. The van der Waals surface area contributed by atoms with E-state index in [4.69, 9.17) is 10.7 Å². The lowest BCUT2D eigenvalue weighted by Gasteiger charge is -2.02. The number of benzene rings is 1. The Morgan fingerprint density at radius 3 is 2.65 bits per heavy atom. The Kier molecular flexibility index (Phi) is 3.63. The second kappa shape index (κ2) is 5.37. The Balaban J connectivity index is 1.94. The quantitative estimate of drug-likeness (QED) is 0.640. The molecule has 0 saturated heterocycles. The summed E-state index contributed by atoms with van der Waals surface area (Å²) in [6, 6.07) is 13.3. The highest BCUT2D eigenvalue weighted by Crippen LogP contribution is 2.17. The van der Waals surface area contributed by atoms with Gasteiger partial charge in [-0.25, -0.2) is 0 Å². The first kappa shape index (κ1) is 11.5. The molecule has 0 bridgehead atoms. The normalized spacial score (nSPS) is 9.82. The number of thioether (sulfide) groups is 1. The van der Waals surface area contributed by atoms with Gasteiger partial charge in [0.05, 0.1) is 17.3 Å². The molecule has 1 aromatic carbocycles. The zero-order chi connectivity index (χ0) is 12.1. The van der Waals surface area contributed by atoms with Crippen molar-refractivity contribution in [2.24, 2.45) is 0 Å². The maximum Gasteiger partial charge on any atom is 0.111 e. The Hall–Kier alpha value is -1.99. The average Bonchev–Trinajstić information content (AvgIpc) is 2.90. The summed E-state index contributed by atoms with van der Waals surface area (Å²) >= 11 is 1.47. The zero-order valence-corrected chi connectivity index (χ0v) is 9.92. The van der Waals surface area contributed by atoms with Gasteiger partial charge in [-0.05, 0) is 29.8 Å². The fraction of sp³-hybridized carbons (Fsp3) is 0.0769. The van der Waals surface area contributed by atoms with Crippen LogP contribution in [-0.2, 0) is 5.75 Å². The molecule has 2 rings (SSSR count). The van der Waals surface area contributed by atoms with Crippen molar-refractivity contribution in [3.8, 4) is 6.07 Å². The Morgan fingerprint density at radius 1 is 1.29 bits per heavy atom. The predicted octanol–water partition coefficient (Wildman–Crippen LogP) is 3.15. The lowest BCUT2D eigenvalue weighted by molar-refractivity contribution is 1.36. The van der Waals surface area contributed by atoms with Crippen molar-refractivity contribution in [3.05, 3.63) is 59.4 Å². The molecule has 0 atom stereocenters. The number of aromatic nitrogens is 1. The third kappa shape index (κ3) is 2.99. The molecule has 0 saturated carbocycles. The van der Waals surface area contributed by atoms with Gasteiger partial charge in [-0.15, -0.1) is 11.8 Å². The van der Waals surface area contributed by atoms with Gasteiger partial charge in [0.1, 0.15) is 5.04 Å². The minimum absolute atomic E-state index is 0.527. The largest absolute Gasteiger partial charge is 0.360 e. The van der Waals surface area contributed by atoms with Crippen molar-refractivity contribution >= 4 is 16.8 Å². The van der Waals surface area contributed by atoms with Crippen LogP contribution in [0.25, 0.3) is 0 Å². The summed E-state index contributed by atoms with van der Waals surface area (Å²) in [6.07, 6.45) is 1.81. The highest BCUT2D eigenvalue weighted by atomic mass is 32.2. The van der Waals surface area contributed by atoms with Crippen LogP contribution in [0.1, 0.15) is 16.8 Å². The van der Waals surface area contributed by atoms with E-state index in [1.54, 1.807) is 12.1 Å². The molecule has 1 aromatic heterocycles. The number of hydrogen-bond donors (Lipinski definition) is 2. The number of nitriles is 1. The molecule has 0 aliphatic carbocycles. The van der Waals surface area contributed by atoms with Crippen LogP contribution >= 0.6 is 11.8 Å². The Bertz CT molecular complexity index is 535. The van der Waals surface area contributed by atoms with Crippen LogP contribution < -0.4 is 0 Å². The monoisotopic (exact) mass is 241 g/mol. The SMILES string of the molecule is N#Cc1ccc(CSC(=N)c2ccc[nH]2)cc1. The average molecular weight is 241 g/mol. The molecule has 1 heterocycles. The maximum absolute atomic E-state index is 8.68.